The third-order valence-electron chi connectivity index (χ3n) is 3.27. The number of nitrogens with one attached hydrogen (secondary N) is 1. The molecule has 5 atom stereocenters. The number of carbonyl (C=O) groups is 3. The maximum atomic E-state index is 11.4. The van der Waals surface area contributed by atoms with Gasteiger partial charge in [-0.05, 0) is 0 Å². The third kappa shape index (κ3) is 5.45. The fraction of sp³-hybridized carbons (Fsp3) is 0.786. The largest absolute Gasteiger partial charge is 0.463 e. The van der Waals surface area contributed by atoms with Crippen molar-refractivity contribution in [3.05, 3.63) is 0 Å². The van der Waals surface area contributed by atoms with Crippen molar-refractivity contribution >= 4 is 17.8 Å². The number of esters is 2. The van der Waals surface area contributed by atoms with Crippen LogP contribution in [0.3, 0.4) is 0 Å². The van der Waals surface area contributed by atoms with Crippen molar-refractivity contribution in [2.45, 2.75) is 51.4 Å². The van der Waals surface area contributed by atoms with Crippen molar-refractivity contribution in [2.24, 2.45) is 0 Å². The lowest BCUT2D eigenvalue weighted by Gasteiger charge is -2.44. The summed E-state index contributed by atoms with van der Waals surface area (Å²) in [5, 5.41) is 2.66. The molecule has 0 saturated carbocycles. The van der Waals surface area contributed by atoms with Crippen LogP contribution in [0.15, 0.2) is 0 Å². The lowest BCUT2D eigenvalue weighted by atomic mass is 9.96. The van der Waals surface area contributed by atoms with Crippen LogP contribution in [0.5, 0.6) is 0 Å². The number of methoxy groups -OCH3 is 2. The molecule has 1 N–H and O–H groups in total. The Kier molecular flexibility index (Phi) is 7.40. The summed E-state index contributed by atoms with van der Waals surface area (Å²) in [5.41, 5.74) is 0. The van der Waals surface area contributed by atoms with E-state index in [9.17, 15) is 14.4 Å². The smallest absolute Gasteiger partial charge is 0.303 e. The minimum absolute atomic E-state index is 0.139. The van der Waals surface area contributed by atoms with Gasteiger partial charge >= 0.3 is 11.9 Å². The van der Waals surface area contributed by atoms with Crippen LogP contribution in [0.25, 0.3) is 0 Å². The van der Waals surface area contributed by atoms with Gasteiger partial charge in [0.25, 0.3) is 0 Å². The van der Waals surface area contributed by atoms with Gasteiger partial charge in [-0.2, -0.15) is 0 Å². The molecule has 132 valence electrons. The Hall–Kier alpha value is -1.71. The Labute approximate surface area is 134 Å². The number of ether oxygens (including phenoxy) is 5. The standard InChI is InChI=1S/C14H23NO8/c1-7(16)15-11-13(19-4)12(22-9(3)18)10(6-21-8(2)17)23-14(11)20-5/h10-14H,6H2,1-5H3,(H,15,16)/t10-,11-,12+,13-,14+/m1/s1. The molecule has 0 aliphatic carbocycles. The molecule has 0 radical (unpaired) electrons. The molecule has 1 aliphatic rings. The first-order chi connectivity index (χ1) is 10.8. The van der Waals surface area contributed by atoms with E-state index in [2.05, 4.69) is 5.32 Å². The van der Waals surface area contributed by atoms with Crippen LogP contribution < -0.4 is 5.32 Å². The monoisotopic (exact) mass is 333 g/mol. The Morgan fingerprint density at radius 3 is 2.09 bits per heavy atom. The van der Waals surface area contributed by atoms with E-state index in [4.69, 9.17) is 23.7 Å². The van der Waals surface area contributed by atoms with Crippen molar-refractivity contribution in [3.63, 3.8) is 0 Å². The van der Waals surface area contributed by atoms with Gasteiger partial charge in [0.05, 0.1) is 0 Å². The van der Waals surface area contributed by atoms with E-state index < -0.39 is 42.6 Å². The number of hydrogen-bond donors (Lipinski definition) is 1. The van der Waals surface area contributed by atoms with Gasteiger partial charge < -0.3 is 29.0 Å². The van der Waals surface area contributed by atoms with Crippen molar-refractivity contribution in [3.8, 4) is 0 Å². The SMILES string of the molecule is CO[C@H]1O[C@H](COC(C)=O)[C@H](OC(C)=O)[C@H](OC)[C@H]1NC(C)=O. The van der Waals surface area contributed by atoms with Gasteiger partial charge in [0.1, 0.15) is 24.9 Å². The number of amides is 1. The van der Waals surface area contributed by atoms with Crippen LogP contribution >= 0.6 is 0 Å². The average molecular weight is 333 g/mol. The summed E-state index contributed by atoms with van der Waals surface area (Å²) in [6.45, 7) is 3.70. The summed E-state index contributed by atoms with van der Waals surface area (Å²) in [7, 11) is 2.82. The molecule has 23 heavy (non-hydrogen) atoms. The van der Waals surface area contributed by atoms with Gasteiger partial charge in [0, 0.05) is 35.0 Å². The maximum Gasteiger partial charge on any atom is 0.303 e. The van der Waals surface area contributed by atoms with Crippen LogP contribution in [0.2, 0.25) is 0 Å². The predicted molar refractivity (Wildman–Crippen MR) is 76.3 cm³/mol. The molecule has 0 aromatic heterocycles. The molecule has 0 aromatic rings. The second kappa shape index (κ2) is 8.80. The van der Waals surface area contributed by atoms with Gasteiger partial charge in [0.15, 0.2) is 12.4 Å². The Morgan fingerprint density at radius 1 is 1.00 bits per heavy atom. The molecule has 9 nitrogen and oxygen atoms in total. The van der Waals surface area contributed by atoms with Gasteiger partial charge in [-0.15, -0.1) is 0 Å². The zero-order valence-corrected chi connectivity index (χ0v) is 13.9. The molecule has 0 spiro atoms. The molecule has 1 fully saturated rings. The van der Waals surface area contributed by atoms with E-state index in [1.807, 2.05) is 0 Å². The zero-order chi connectivity index (χ0) is 17.6. The number of rotatable bonds is 6. The minimum atomic E-state index is -0.875. The van der Waals surface area contributed by atoms with Crippen molar-refractivity contribution in [1.82, 2.24) is 5.32 Å². The highest BCUT2D eigenvalue weighted by Crippen LogP contribution is 2.26. The average Bonchev–Trinajstić information content (AvgIpc) is 2.45. The van der Waals surface area contributed by atoms with Crippen molar-refractivity contribution in [1.29, 1.82) is 0 Å². The summed E-state index contributed by atoms with van der Waals surface area (Å²) in [4.78, 5) is 33.8. The Bertz CT molecular complexity index is 440. The molecule has 0 unspecified atom stereocenters. The highest BCUT2D eigenvalue weighted by molar-refractivity contribution is 5.73. The first-order valence-corrected chi connectivity index (χ1v) is 7.08. The minimum Gasteiger partial charge on any atom is -0.463 e. The summed E-state index contributed by atoms with van der Waals surface area (Å²) in [5.74, 6) is -1.37. The highest BCUT2D eigenvalue weighted by Gasteiger charge is 2.49. The zero-order valence-electron chi connectivity index (χ0n) is 13.9. The third-order valence-corrected chi connectivity index (χ3v) is 3.27. The number of hydrogen-bond acceptors (Lipinski definition) is 8. The molecule has 1 rings (SSSR count). The fourth-order valence-electron chi connectivity index (χ4n) is 2.44. The van der Waals surface area contributed by atoms with E-state index in [0.29, 0.717) is 0 Å². The second-order valence-corrected chi connectivity index (χ2v) is 5.08. The van der Waals surface area contributed by atoms with Crippen LogP contribution in [-0.2, 0) is 38.1 Å². The van der Waals surface area contributed by atoms with Crippen LogP contribution in [0.4, 0.5) is 0 Å². The summed E-state index contributed by atoms with van der Waals surface area (Å²) >= 11 is 0. The van der Waals surface area contributed by atoms with Crippen LogP contribution in [0, 0.1) is 0 Å². The van der Waals surface area contributed by atoms with Gasteiger partial charge in [-0.1, -0.05) is 0 Å². The van der Waals surface area contributed by atoms with E-state index in [1.165, 1.54) is 35.0 Å². The highest BCUT2D eigenvalue weighted by atomic mass is 16.7. The van der Waals surface area contributed by atoms with Crippen molar-refractivity contribution < 1.29 is 38.1 Å². The second-order valence-electron chi connectivity index (χ2n) is 5.08. The van der Waals surface area contributed by atoms with E-state index in [-0.39, 0.29) is 12.5 Å². The fourth-order valence-corrected chi connectivity index (χ4v) is 2.44. The molecule has 0 aromatic carbocycles. The molecule has 0 bridgehead atoms. The number of carbonyl (C=O) groups excluding carboxylic acids is 3. The summed E-state index contributed by atoms with van der Waals surface area (Å²) in [6, 6.07) is -0.694. The van der Waals surface area contributed by atoms with E-state index >= 15 is 0 Å². The van der Waals surface area contributed by atoms with Crippen LogP contribution in [0.1, 0.15) is 20.8 Å². The van der Waals surface area contributed by atoms with E-state index in [0.717, 1.165) is 0 Å². The first-order valence-electron chi connectivity index (χ1n) is 7.08. The quantitative estimate of drug-likeness (QED) is 0.640. The molecule has 1 heterocycles. The Morgan fingerprint density at radius 2 is 1.65 bits per heavy atom. The van der Waals surface area contributed by atoms with Crippen molar-refractivity contribution in [2.75, 3.05) is 20.8 Å². The first kappa shape index (κ1) is 19.3. The molecule has 1 amide bonds. The molecule has 1 aliphatic heterocycles. The molecule has 9 heteroatoms. The summed E-state index contributed by atoms with van der Waals surface area (Å²) in [6.07, 6.45) is -3.25. The lowest BCUT2D eigenvalue weighted by molar-refractivity contribution is -0.271. The van der Waals surface area contributed by atoms with Gasteiger partial charge in [-0.3, -0.25) is 14.4 Å². The summed E-state index contributed by atoms with van der Waals surface area (Å²) < 4.78 is 26.5. The maximum absolute atomic E-state index is 11.4. The molecular formula is C14H23NO8. The molecule has 1 saturated heterocycles. The van der Waals surface area contributed by atoms with Gasteiger partial charge in [0.2, 0.25) is 5.91 Å². The lowest BCUT2D eigenvalue weighted by Crippen LogP contribution is -2.66. The normalized spacial score (nSPS) is 30.4. The Balaban J connectivity index is 3.04. The predicted octanol–water partition coefficient (Wildman–Crippen LogP) is -0.628. The van der Waals surface area contributed by atoms with Crippen LogP contribution in [-0.4, -0.2) is 69.3 Å². The molecular weight excluding hydrogens is 310 g/mol. The topological polar surface area (TPSA) is 109 Å². The van der Waals surface area contributed by atoms with Gasteiger partial charge in [-0.25, -0.2) is 0 Å². The van der Waals surface area contributed by atoms with E-state index in [1.54, 1.807) is 0 Å².